The summed E-state index contributed by atoms with van der Waals surface area (Å²) in [4.78, 5) is 30.8. The Hall–Kier alpha value is -1.79. The number of amidine groups is 1. The Bertz CT molecular complexity index is 727. The van der Waals surface area contributed by atoms with Gasteiger partial charge in [0.15, 0.2) is 5.17 Å². The fourth-order valence-corrected chi connectivity index (χ4v) is 3.86. The number of nitrogens with zero attached hydrogens (tertiary/aromatic N) is 2. The van der Waals surface area contributed by atoms with E-state index in [4.69, 9.17) is 16.3 Å². The first-order valence-electron chi connectivity index (χ1n) is 7.11. The van der Waals surface area contributed by atoms with Crippen LogP contribution in [0.15, 0.2) is 40.5 Å². The van der Waals surface area contributed by atoms with Crippen molar-refractivity contribution < 1.29 is 14.3 Å². The van der Waals surface area contributed by atoms with Gasteiger partial charge in [0.2, 0.25) is 5.91 Å². The molecule has 120 valence electrons. The van der Waals surface area contributed by atoms with Crippen molar-refractivity contribution >= 4 is 40.4 Å². The van der Waals surface area contributed by atoms with Gasteiger partial charge in [-0.2, -0.15) is 0 Å². The highest BCUT2D eigenvalue weighted by Crippen LogP contribution is 2.40. The molecule has 1 aromatic rings. The minimum Gasteiger partial charge on any atom is -0.466 e. The number of methoxy groups -OCH3 is 1. The van der Waals surface area contributed by atoms with E-state index < -0.39 is 12.0 Å². The van der Waals surface area contributed by atoms with E-state index in [0.29, 0.717) is 33.6 Å². The molecule has 1 fully saturated rings. The molecule has 0 saturated carbocycles. The minimum absolute atomic E-state index is 0.0450. The lowest BCUT2D eigenvalue weighted by Crippen LogP contribution is -2.45. The SMILES string of the molecule is COC(=O)C1=C(C)N=C2SCCC(=O)N2C1c1ccc(Cl)cc1. The number of rotatable bonds is 2. The van der Waals surface area contributed by atoms with Crippen molar-refractivity contribution in [2.24, 2.45) is 4.99 Å². The van der Waals surface area contributed by atoms with Crippen LogP contribution in [0, 0.1) is 0 Å². The molecule has 0 N–H and O–H groups in total. The smallest absolute Gasteiger partial charge is 0.338 e. The van der Waals surface area contributed by atoms with Gasteiger partial charge in [-0.3, -0.25) is 9.69 Å². The zero-order valence-electron chi connectivity index (χ0n) is 12.7. The minimum atomic E-state index is -0.535. The van der Waals surface area contributed by atoms with Crippen molar-refractivity contribution in [3.8, 4) is 0 Å². The van der Waals surface area contributed by atoms with Crippen LogP contribution in [0.25, 0.3) is 0 Å². The molecule has 2 aliphatic rings. The lowest BCUT2D eigenvalue weighted by molar-refractivity contribution is -0.137. The molecular formula is C16H15ClN2O3S. The van der Waals surface area contributed by atoms with Crippen molar-refractivity contribution in [1.82, 2.24) is 4.90 Å². The first kappa shape index (κ1) is 16.1. The largest absolute Gasteiger partial charge is 0.466 e. The third kappa shape index (κ3) is 2.88. The van der Waals surface area contributed by atoms with Gasteiger partial charge in [0.05, 0.1) is 24.4 Å². The van der Waals surface area contributed by atoms with Crippen LogP contribution in [-0.4, -0.2) is 34.8 Å². The summed E-state index contributed by atoms with van der Waals surface area (Å²) in [6.07, 6.45) is 0.418. The molecule has 7 heteroatoms. The predicted octanol–water partition coefficient (Wildman–Crippen LogP) is 3.16. The summed E-state index contributed by atoms with van der Waals surface area (Å²) in [5.74, 6) is 0.174. The number of halogens is 1. The highest BCUT2D eigenvalue weighted by Gasteiger charge is 2.41. The normalized spacial score (nSPS) is 21.0. The van der Waals surface area contributed by atoms with Gasteiger partial charge < -0.3 is 4.74 Å². The predicted molar refractivity (Wildman–Crippen MR) is 90.3 cm³/mol. The van der Waals surface area contributed by atoms with Gasteiger partial charge in [0.25, 0.3) is 0 Å². The molecule has 2 aliphatic heterocycles. The number of hydrogen-bond donors (Lipinski definition) is 0. The topological polar surface area (TPSA) is 59.0 Å². The Kier molecular flexibility index (Phi) is 4.46. The number of carbonyl (C=O) groups is 2. The fraction of sp³-hybridized carbons (Fsp3) is 0.312. The Morgan fingerprint density at radius 2 is 2.09 bits per heavy atom. The number of benzene rings is 1. The summed E-state index contributed by atoms with van der Waals surface area (Å²) in [5.41, 5.74) is 1.76. The van der Waals surface area contributed by atoms with Crippen LogP contribution < -0.4 is 0 Å². The molecule has 0 bridgehead atoms. The average Bonchev–Trinajstić information content (AvgIpc) is 2.54. The summed E-state index contributed by atoms with van der Waals surface area (Å²) >= 11 is 7.48. The van der Waals surface area contributed by atoms with Crippen molar-refractivity contribution in [2.45, 2.75) is 19.4 Å². The molecule has 1 saturated heterocycles. The maximum absolute atomic E-state index is 12.5. The molecule has 1 amide bonds. The second-order valence-corrected chi connectivity index (χ2v) is 6.70. The van der Waals surface area contributed by atoms with E-state index in [2.05, 4.69) is 4.99 Å². The van der Waals surface area contributed by atoms with Crippen LogP contribution in [0.5, 0.6) is 0 Å². The number of fused-ring (bicyclic) bond motifs is 1. The number of ether oxygens (including phenoxy) is 1. The van der Waals surface area contributed by atoms with Gasteiger partial charge in [-0.05, 0) is 24.6 Å². The van der Waals surface area contributed by atoms with Crippen LogP contribution in [0.1, 0.15) is 24.9 Å². The number of allylic oxidation sites excluding steroid dienone is 1. The number of hydrogen-bond acceptors (Lipinski definition) is 5. The van der Waals surface area contributed by atoms with Gasteiger partial charge in [0.1, 0.15) is 0 Å². The number of aliphatic imine (C=N–C) groups is 1. The molecule has 5 nitrogen and oxygen atoms in total. The van der Waals surface area contributed by atoms with Gasteiger partial charge in [-0.1, -0.05) is 35.5 Å². The summed E-state index contributed by atoms with van der Waals surface area (Å²) in [7, 11) is 1.33. The number of amides is 1. The van der Waals surface area contributed by atoms with E-state index in [1.54, 1.807) is 24.0 Å². The Morgan fingerprint density at radius 1 is 1.39 bits per heavy atom. The monoisotopic (exact) mass is 350 g/mol. The zero-order valence-corrected chi connectivity index (χ0v) is 14.3. The molecule has 1 atom stereocenters. The van der Waals surface area contributed by atoms with Gasteiger partial charge in [-0.25, -0.2) is 9.79 Å². The van der Waals surface area contributed by atoms with Crippen LogP contribution in [0.3, 0.4) is 0 Å². The Balaban J connectivity index is 2.17. The highest BCUT2D eigenvalue weighted by molar-refractivity contribution is 8.14. The lowest BCUT2D eigenvalue weighted by atomic mass is 9.94. The maximum Gasteiger partial charge on any atom is 0.338 e. The molecule has 1 unspecified atom stereocenters. The average molecular weight is 351 g/mol. The molecule has 0 spiro atoms. The van der Waals surface area contributed by atoms with E-state index in [0.717, 1.165) is 5.56 Å². The third-order valence-electron chi connectivity index (χ3n) is 3.80. The second kappa shape index (κ2) is 6.37. The Labute approximate surface area is 143 Å². The third-order valence-corrected chi connectivity index (χ3v) is 5.00. The van der Waals surface area contributed by atoms with E-state index in [9.17, 15) is 9.59 Å². The second-order valence-electron chi connectivity index (χ2n) is 5.20. The van der Waals surface area contributed by atoms with E-state index >= 15 is 0 Å². The Morgan fingerprint density at radius 3 is 2.74 bits per heavy atom. The molecule has 1 aromatic carbocycles. The summed E-state index contributed by atoms with van der Waals surface area (Å²) in [5, 5.41) is 1.23. The van der Waals surface area contributed by atoms with E-state index in [1.807, 2.05) is 12.1 Å². The molecule has 3 rings (SSSR count). The van der Waals surface area contributed by atoms with Crippen LogP contribution >= 0.6 is 23.4 Å². The van der Waals surface area contributed by atoms with Gasteiger partial charge >= 0.3 is 5.97 Å². The molecular weight excluding hydrogens is 336 g/mol. The molecule has 0 aromatic heterocycles. The molecule has 23 heavy (non-hydrogen) atoms. The summed E-state index contributed by atoms with van der Waals surface area (Å²) in [6, 6.07) is 6.59. The molecule has 0 aliphatic carbocycles. The van der Waals surface area contributed by atoms with Crippen LogP contribution in [0.4, 0.5) is 0 Å². The van der Waals surface area contributed by atoms with Crippen molar-refractivity contribution in [3.63, 3.8) is 0 Å². The van der Waals surface area contributed by atoms with Crippen molar-refractivity contribution in [3.05, 3.63) is 46.1 Å². The summed E-state index contributed by atoms with van der Waals surface area (Å²) in [6.45, 7) is 1.76. The maximum atomic E-state index is 12.5. The number of esters is 1. The van der Waals surface area contributed by atoms with Crippen molar-refractivity contribution in [1.29, 1.82) is 0 Å². The first-order chi connectivity index (χ1) is 11.0. The number of carbonyl (C=O) groups excluding carboxylic acids is 2. The van der Waals surface area contributed by atoms with Crippen LogP contribution in [0.2, 0.25) is 5.02 Å². The van der Waals surface area contributed by atoms with Gasteiger partial charge in [-0.15, -0.1) is 0 Å². The molecule has 2 heterocycles. The summed E-state index contributed by atoms with van der Waals surface area (Å²) < 4.78 is 4.91. The quantitative estimate of drug-likeness (QED) is 0.769. The number of thioether (sulfide) groups is 1. The van der Waals surface area contributed by atoms with E-state index in [-0.39, 0.29) is 5.91 Å². The van der Waals surface area contributed by atoms with Gasteiger partial charge in [0, 0.05) is 17.2 Å². The highest BCUT2D eigenvalue weighted by atomic mass is 35.5. The standard InChI is InChI=1S/C16H15ClN2O3S/c1-9-13(15(21)22-2)14(10-3-5-11(17)6-4-10)19-12(20)7-8-23-16(19)18-9/h3-6,14H,7-8H2,1-2H3. The van der Waals surface area contributed by atoms with Crippen molar-refractivity contribution in [2.75, 3.05) is 12.9 Å². The molecule has 0 radical (unpaired) electrons. The fourth-order valence-electron chi connectivity index (χ4n) is 2.73. The lowest BCUT2D eigenvalue weighted by Gasteiger charge is -2.38. The zero-order chi connectivity index (χ0) is 16.6. The van der Waals surface area contributed by atoms with E-state index in [1.165, 1.54) is 18.9 Å². The van der Waals surface area contributed by atoms with Crippen LogP contribution in [-0.2, 0) is 14.3 Å². The first-order valence-corrected chi connectivity index (χ1v) is 8.47.